The Labute approximate surface area is 399 Å². The van der Waals surface area contributed by atoms with Crippen molar-refractivity contribution in [2.45, 2.75) is 39.2 Å². The van der Waals surface area contributed by atoms with Crippen molar-refractivity contribution < 1.29 is 0 Å². The minimum atomic E-state index is 0.0859. The summed E-state index contributed by atoms with van der Waals surface area (Å²) < 4.78 is 2.49. The molecule has 0 saturated heterocycles. The lowest BCUT2D eigenvalue weighted by atomic mass is 9.91. The van der Waals surface area contributed by atoms with Crippen LogP contribution in [0.2, 0.25) is 0 Å². The second kappa shape index (κ2) is 17.5. The Morgan fingerprint density at radius 2 is 1.29 bits per heavy atom. The number of aromatic nitrogens is 1. The lowest BCUT2D eigenvalue weighted by Crippen LogP contribution is -2.30. The number of allylic oxidation sites excluding steroid dienone is 7. The molecule has 1 heterocycles. The van der Waals surface area contributed by atoms with Gasteiger partial charge >= 0.3 is 0 Å². The van der Waals surface area contributed by atoms with Crippen LogP contribution in [0.1, 0.15) is 48.6 Å². The summed E-state index contributed by atoms with van der Waals surface area (Å²) in [5.41, 5.74) is 17.3. The van der Waals surface area contributed by atoms with E-state index in [9.17, 15) is 0 Å². The lowest BCUT2D eigenvalue weighted by Gasteiger charge is -2.35. The second-order valence-corrected chi connectivity index (χ2v) is 18.3. The third-order valence-corrected chi connectivity index (χ3v) is 14.3. The highest BCUT2D eigenvalue weighted by molar-refractivity contribution is 6.08. The Balaban J connectivity index is 0.933. The van der Waals surface area contributed by atoms with Crippen molar-refractivity contribution in [3.05, 3.63) is 259 Å². The maximum atomic E-state index is 2.56. The van der Waals surface area contributed by atoms with E-state index in [2.05, 4.69) is 260 Å². The highest BCUT2D eigenvalue weighted by Crippen LogP contribution is 2.43. The molecule has 326 valence electrons. The fourth-order valence-electron chi connectivity index (χ4n) is 11.0. The highest BCUT2D eigenvalue weighted by atomic mass is 15.2. The maximum absolute atomic E-state index is 2.56. The van der Waals surface area contributed by atoms with Crippen molar-refractivity contribution in [2.75, 3.05) is 4.90 Å². The van der Waals surface area contributed by atoms with Crippen LogP contribution in [0.5, 0.6) is 0 Å². The molecule has 68 heavy (non-hydrogen) atoms. The Kier molecular flexibility index (Phi) is 10.6. The highest BCUT2D eigenvalue weighted by Gasteiger charge is 2.25. The molecule has 0 N–H and O–H groups in total. The molecule has 0 aliphatic heterocycles. The van der Waals surface area contributed by atoms with Crippen LogP contribution in [0.3, 0.4) is 0 Å². The first-order valence-corrected chi connectivity index (χ1v) is 24.1. The standard InChI is InChI=1S/C66H52N2/c1-3-59(66-45(2)67(56-21-5-4-6-22-56)65-27-14-12-25-63(65)66)53-19-15-20-54(44-53)62-24-11-13-26-64(62)68(57-37-32-47(33-38-57)51-30-28-46-16-7-8-18-50(46)42-51)58-39-34-48(35-40-58)52-36-41-61-55(43-52)31-29-49-17-9-10-23-60(49)61/h3-5,7-21,23-39,41-44,58H,6,22,40H2,1-2H3/b59-3-. The molecule has 2 aliphatic carbocycles. The van der Waals surface area contributed by atoms with Gasteiger partial charge in [-0.3, -0.25) is 0 Å². The molecule has 2 aliphatic rings. The summed E-state index contributed by atoms with van der Waals surface area (Å²) in [6, 6.07) is 71.9. The minimum Gasteiger partial charge on any atom is -0.334 e. The van der Waals surface area contributed by atoms with Crippen LogP contribution in [0.25, 0.3) is 82.3 Å². The molecule has 2 heteroatoms. The first-order chi connectivity index (χ1) is 33.6. The summed E-state index contributed by atoms with van der Waals surface area (Å²) in [5, 5.41) is 8.92. The summed E-state index contributed by atoms with van der Waals surface area (Å²) in [4.78, 5) is 2.56. The second-order valence-electron chi connectivity index (χ2n) is 18.3. The third kappa shape index (κ3) is 7.39. The average molecular weight is 873 g/mol. The molecular weight excluding hydrogens is 821 g/mol. The quantitative estimate of drug-likeness (QED) is 0.131. The van der Waals surface area contributed by atoms with Gasteiger partial charge in [-0.25, -0.2) is 0 Å². The fraction of sp³-hybridized carbons (Fsp3) is 0.0909. The van der Waals surface area contributed by atoms with E-state index in [4.69, 9.17) is 0 Å². The van der Waals surface area contributed by atoms with Crippen molar-refractivity contribution in [1.82, 2.24) is 4.57 Å². The van der Waals surface area contributed by atoms with Gasteiger partial charge in [-0.2, -0.15) is 0 Å². The summed E-state index contributed by atoms with van der Waals surface area (Å²) in [7, 11) is 0. The molecule has 1 atom stereocenters. The molecule has 0 bridgehead atoms. The van der Waals surface area contributed by atoms with E-state index in [1.807, 2.05) is 0 Å². The van der Waals surface area contributed by atoms with E-state index in [0.29, 0.717) is 0 Å². The first kappa shape index (κ1) is 41.2. The molecule has 2 nitrogen and oxygen atoms in total. The van der Waals surface area contributed by atoms with E-state index < -0.39 is 0 Å². The van der Waals surface area contributed by atoms with Gasteiger partial charge in [-0.05, 0) is 153 Å². The Morgan fingerprint density at radius 3 is 2.12 bits per heavy atom. The smallest absolute Gasteiger partial charge is 0.0560 e. The predicted molar refractivity (Wildman–Crippen MR) is 292 cm³/mol. The zero-order valence-electron chi connectivity index (χ0n) is 38.6. The van der Waals surface area contributed by atoms with Gasteiger partial charge < -0.3 is 9.47 Å². The van der Waals surface area contributed by atoms with Gasteiger partial charge in [0, 0.05) is 39.3 Å². The zero-order valence-corrected chi connectivity index (χ0v) is 38.6. The van der Waals surface area contributed by atoms with Gasteiger partial charge in [0.2, 0.25) is 0 Å². The maximum Gasteiger partial charge on any atom is 0.0560 e. The zero-order chi connectivity index (χ0) is 45.6. The monoisotopic (exact) mass is 872 g/mol. The van der Waals surface area contributed by atoms with Crippen LogP contribution < -0.4 is 4.90 Å². The molecule has 0 fully saturated rings. The largest absolute Gasteiger partial charge is 0.334 e. The molecule has 1 aromatic heterocycles. The number of fused-ring (bicyclic) bond motifs is 5. The van der Waals surface area contributed by atoms with Crippen molar-refractivity contribution in [3.8, 4) is 22.3 Å². The number of rotatable bonds is 9. The molecular formula is C66H52N2. The molecule has 9 aromatic carbocycles. The van der Waals surface area contributed by atoms with Gasteiger partial charge in [0.25, 0.3) is 0 Å². The van der Waals surface area contributed by atoms with Crippen molar-refractivity contribution in [2.24, 2.45) is 0 Å². The number of hydrogen-bond donors (Lipinski definition) is 0. The topological polar surface area (TPSA) is 8.17 Å². The Hall–Kier alpha value is -8.20. The van der Waals surface area contributed by atoms with Gasteiger partial charge in [0.1, 0.15) is 0 Å². The molecule has 0 spiro atoms. The minimum absolute atomic E-state index is 0.0859. The van der Waals surface area contributed by atoms with E-state index in [-0.39, 0.29) is 6.04 Å². The molecule has 1 unspecified atom stereocenters. The fourth-order valence-corrected chi connectivity index (χ4v) is 11.0. The molecule has 0 amide bonds. The molecule has 0 radical (unpaired) electrons. The number of anilines is 2. The number of nitrogens with zero attached hydrogens (tertiary/aromatic N) is 2. The molecule has 10 aromatic rings. The normalized spacial score (nSPS) is 15.0. The van der Waals surface area contributed by atoms with Crippen LogP contribution in [-0.4, -0.2) is 10.6 Å². The SMILES string of the molecule is C/C=C(/c1cccc(-c2ccccc2N(c2ccc(-c3ccc4ccccc4c3)cc2)C2C=CC(c3ccc4c(ccc5ccccc54)c3)=CC2)c1)c1c(C)n(C2=CC=CCC2)c2ccccc12. The molecule has 12 rings (SSSR count). The van der Waals surface area contributed by atoms with Crippen LogP contribution in [0.15, 0.2) is 237 Å². The van der Waals surface area contributed by atoms with Crippen LogP contribution in [0, 0.1) is 6.92 Å². The predicted octanol–water partition coefficient (Wildman–Crippen LogP) is 17.9. The van der Waals surface area contributed by atoms with E-state index >= 15 is 0 Å². The van der Waals surface area contributed by atoms with Gasteiger partial charge in [0.15, 0.2) is 0 Å². The Morgan fingerprint density at radius 1 is 0.588 bits per heavy atom. The summed E-state index contributed by atoms with van der Waals surface area (Å²) >= 11 is 0. The van der Waals surface area contributed by atoms with Crippen molar-refractivity contribution >= 4 is 71.4 Å². The van der Waals surface area contributed by atoms with Crippen molar-refractivity contribution in [3.63, 3.8) is 0 Å². The lowest BCUT2D eigenvalue weighted by molar-refractivity contribution is 0.788. The van der Waals surface area contributed by atoms with Crippen LogP contribution in [-0.2, 0) is 0 Å². The van der Waals surface area contributed by atoms with Crippen molar-refractivity contribution in [1.29, 1.82) is 0 Å². The molecule has 0 saturated carbocycles. The summed E-state index contributed by atoms with van der Waals surface area (Å²) in [6.45, 7) is 4.48. The Bertz CT molecular complexity index is 3740. The number of hydrogen-bond acceptors (Lipinski definition) is 1. The summed E-state index contributed by atoms with van der Waals surface area (Å²) in [5.74, 6) is 0. The van der Waals surface area contributed by atoms with E-state index in [1.54, 1.807) is 0 Å². The third-order valence-electron chi connectivity index (χ3n) is 14.3. The van der Waals surface area contributed by atoms with Gasteiger partial charge in [-0.15, -0.1) is 0 Å². The van der Waals surface area contributed by atoms with E-state index in [1.165, 1.54) is 110 Å². The number of para-hydroxylation sites is 2. The average Bonchev–Trinajstić information content (AvgIpc) is 3.70. The van der Waals surface area contributed by atoms with Gasteiger partial charge in [-0.1, -0.05) is 188 Å². The van der Waals surface area contributed by atoms with E-state index in [0.717, 1.165) is 24.9 Å². The summed E-state index contributed by atoms with van der Waals surface area (Å²) in [6.07, 6.45) is 19.2. The van der Waals surface area contributed by atoms with Crippen LogP contribution in [0.4, 0.5) is 11.4 Å². The van der Waals surface area contributed by atoms with Crippen LogP contribution >= 0.6 is 0 Å². The number of benzene rings is 9. The van der Waals surface area contributed by atoms with Gasteiger partial charge in [0.05, 0.1) is 11.6 Å². The first-order valence-electron chi connectivity index (χ1n) is 24.1.